The molecule has 0 saturated carbocycles. The van der Waals surface area contributed by atoms with Crippen LogP contribution in [0.5, 0.6) is 0 Å². The lowest BCUT2D eigenvalue weighted by Gasteiger charge is -2.10. The van der Waals surface area contributed by atoms with Gasteiger partial charge in [-0.3, -0.25) is 10.1 Å². The number of rotatable bonds is 7. The number of benzene rings is 2. The van der Waals surface area contributed by atoms with Crippen molar-refractivity contribution in [1.82, 2.24) is 14.9 Å². The van der Waals surface area contributed by atoms with Crippen LogP contribution in [-0.2, 0) is 28.9 Å². The molecule has 11 heteroatoms. The van der Waals surface area contributed by atoms with E-state index >= 15 is 0 Å². The minimum absolute atomic E-state index is 0.00942. The Balaban J connectivity index is 1.46. The molecular formula is C23H19F3N4O4. The fourth-order valence-corrected chi connectivity index (χ4v) is 3.22. The molecule has 0 saturated heterocycles. The number of alkyl halides is 3. The van der Waals surface area contributed by atoms with E-state index < -0.39 is 30.3 Å². The Morgan fingerprint density at radius 2 is 1.85 bits per heavy atom. The predicted octanol–water partition coefficient (Wildman–Crippen LogP) is 4.56. The first kappa shape index (κ1) is 22.9. The molecular weight excluding hydrogens is 453 g/mol. The van der Waals surface area contributed by atoms with Gasteiger partial charge in [0.15, 0.2) is 0 Å². The second kappa shape index (κ2) is 9.69. The summed E-state index contributed by atoms with van der Waals surface area (Å²) in [4.78, 5) is 28.4. The number of furan rings is 1. The lowest BCUT2D eigenvalue weighted by molar-refractivity contribution is -0.137. The van der Waals surface area contributed by atoms with Crippen molar-refractivity contribution < 1.29 is 31.9 Å². The number of amides is 2. The number of nitrogens with zero attached hydrogens (tertiary/aromatic N) is 2. The van der Waals surface area contributed by atoms with Crippen molar-refractivity contribution in [2.45, 2.75) is 19.3 Å². The summed E-state index contributed by atoms with van der Waals surface area (Å²) < 4.78 is 51.2. The van der Waals surface area contributed by atoms with Gasteiger partial charge in [0, 0.05) is 0 Å². The number of carbonyl (C=O) groups excluding carboxylic acids is 2. The van der Waals surface area contributed by atoms with Crippen LogP contribution in [0.1, 0.15) is 16.9 Å². The van der Waals surface area contributed by atoms with Gasteiger partial charge in [0.05, 0.1) is 29.4 Å². The van der Waals surface area contributed by atoms with Crippen molar-refractivity contribution in [3.63, 3.8) is 0 Å². The molecule has 0 unspecified atom stereocenters. The SMILES string of the molecule is O=C(CNC(=O)OCc1ccccc1)Nc1nc2cc(C(F)(F)F)ccc2n1Cc1ccco1. The molecule has 2 N–H and O–H groups in total. The van der Waals surface area contributed by atoms with Crippen molar-refractivity contribution in [1.29, 1.82) is 0 Å². The number of imidazole rings is 1. The van der Waals surface area contributed by atoms with Crippen molar-refractivity contribution >= 4 is 29.0 Å². The van der Waals surface area contributed by atoms with Crippen LogP contribution in [0.15, 0.2) is 71.3 Å². The zero-order valence-electron chi connectivity index (χ0n) is 17.6. The van der Waals surface area contributed by atoms with Gasteiger partial charge < -0.3 is 19.0 Å². The number of nitrogens with one attached hydrogen (secondary N) is 2. The molecule has 0 aliphatic carbocycles. The standard InChI is InChI=1S/C23H19F3N4O4/c24-23(25,26)16-8-9-19-18(11-16)28-21(30(19)13-17-7-4-10-33-17)29-20(31)12-27-22(32)34-14-15-5-2-1-3-6-15/h1-11H,12-14H2,(H,27,32)(H,28,29,31). The Bertz CT molecular complexity index is 1290. The smallest absolute Gasteiger partial charge is 0.416 e. The summed E-state index contributed by atoms with van der Waals surface area (Å²) in [6.07, 6.45) is -3.87. The van der Waals surface area contributed by atoms with Crippen LogP contribution in [-0.4, -0.2) is 28.1 Å². The molecule has 0 fully saturated rings. The second-order valence-corrected chi connectivity index (χ2v) is 7.27. The maximum Gasteiger partial charge on any atom is 0.416 e. The summed E-state index contributed by atoms with van der Waals surface area (Å²) in [5.74, 6) is -0.115. The maximum absolute atomic E-state index is 13.1. The first-order chi connectivity index (χ1) is 16.3. The third kappa shape index (κ3) is 5.55. The van der Waals surface area contributed by atoms with Crippen molar-refractivity contribution in [3.05, 3.63) is 83.8 Å². The van der Waals surface area contributed by atoms with Gasteiger partial charge >= 0.3 is 12.3 Å². The summed E-state index contributed by atoms with van der Waals surface area (Å²) in [6.45, 7) is -0.267. The Morgan fingerprint density at radius 3 is 2.56 bits per heavy atom. The van der Waals surface area contributed by atoms with E-state index in [2.05, 4.69) is 15.6 Å². The van der Waals surface area contributed by atoms with E-state index in [9.17, 15) is 22.8 Å². The van der Waals surface area contributed by atoms with E-state index in [-0.39, 0.29) is 24.6 Å². The van der Waals surface area contributed by atoms with Gasteiger partial charge in [-0.05, 0) is 35.9 Å². The summed E-state index contributed by atoms with van der Waals surface area (Å²) in [6, 6.07) is 15.5. The van der Waals surface area contributed by atoms with Gasteiger partial charge in [-0.15, -0.1) is 0 Å². The van der Waals surface area contributed by atoms with E-state index in [1.807, 2.05) is 6.07 Å². The van der Waals surface area contributed by atoms with E-state index in [0.717, 1.165) is 17.7 Å². The molecule has 0 aliphatic heterocycles. The maximum atomic E-state index is 13.1. The molecule has 4 aromatic rings. The van der Waals surface area contributed by atoms with Gasteiger partial charge in [0.2, 0.25) is 11.9 Å². The number of ether oxygens (including phenoxy) is 1. The number of hydrogen-bond donors (Lipinski definition) is 2. The van der Waals surface area contributed by atoms with Crippen LogP contribution in [0, 0.1) is 0 Å². The first-order valence-corrected chi connectivity index (χ1v) is 10.1. The molecule has 0 bridgehead atoms. The van der Waals surface area contributed by atoms with Crippen LogP contribution in [0.3, 0.4) is 0 Å². The minimum Gasteiger partial charge on any atom is -0.467 e. The third-order valence-corrected chi connectivity index (χ3v) is 4.83. The van der Waals surface area contributed by atoms with Crippen molar-refractivity contribution in [2.24, 2.45) is 0 Å². The summed E-state index contributed by atoms with van der Waals surface area (Å²) in [5.41, 5.74) is 0.345. The van der Waals surface area contributed by atoms with Gasteiger partial charge in [0.1, 0.15) is 18.9 Å². The quantitative estimate of drug-likeness (QED) is 0.411. The summed E-state index contributed by atoms with van der Waals surface area (Å²) in [5, 5.41) is 4.84. The predicted molar refractivity (Wildman–Crippen MR) is 116 cm³/mol. The Hall–Kier alpha value is -4.28. The van der Waals surface area contributed by atoms with E-state index in [4.69, 9.17) is 9.15 Å². The van der Waals surface area contributed by atoms with Crippen LogP contribution in [0.25, 0.3) is 11.0 Å². The Kier molecular flexibility index (Phi) is 6.53. The van der Waals surface area contributed by atoms with Gasteiger partial charge in [-0.1, -0.05) is 30.3 Å². The molecule has 2 aromatic carbocycles. The molecule has 4 rings (SSSR count). The largest absolute Gasteiger partial charge is 0.467 e. The number of alkyl carbamates (subject to hydrolysis) is 1. The number of fused-ring (bicyclic) bond motifs is 1. The lowest BCUT2D eigenvalue weighted by atomic mass is 10.2. The third-order valence-electron chi connectivity index (χ3n) is 4.83. The molecule has 8 nitrogen and oxygen atoms in total. The minimum atomic E-state index is -4.54. The average molecular weight is 472 g/mol. The fourth-order valence-electron chi connectivity index (χ4n) is 3.22. The zero-order chi connectivity index (χ0) is 24.1. The van der Waals surface area contributed by atoms with Crippen molar-refractivity contribution in [3.8, 4) is 0 Å². The summed E-state index contributed by atoms with van der Waals surface area (Å²) in [7, 11) is 0. The Labute approximate surface area is 191 Å². The number of anilines is 1. The average Bonchev–Trinajstić information content (AvgIpc) is 3.44. The molecule has 0 aliphatic rings. The molecule has 2 amide bonds. The van der Waals surface area contributed by atoms with Crippen LogP contribution in [0.2, 0.25) is 0 Å². The Morgan fingerprint density at radius 1 is 1.06 bits per heavy atom. The number of halogens is 3. The number of aromatic nitrogens is 2. The van der Waals surface area contributed by atoms with Crippen LogP contribution < -0.4 is 10.6 Å². The number of hydrogen-bond acceptors (Lipinski definition) is 5. The monoisotopic (exact) mass is 472 g/mol. The second-order valence-electron chi connectivity index (χ2n) is 7.27. The molecule has 0 spiro atoms. The molecule has 2 heterocycles. The van der Waals surface area contributed by atoms with Crippen LogP contribution >= 0.6 is 0 Å². The lowest BCUT2D eigenvalue weighted by Crippen LogP contribution is -2.33. The highest BCUT2D eigenvalue weighted by Crippen LogP contribution is 2.32. The highest BCUT2D eigenvalue weighted by molar-refractivity contribution is 5.94. The molecule has 176 valence electrons. The van der Waals surface area contributed by atoms with E-state index in [1.54, 1.807) is 36.4 Å². The van der Waals surface area contributed by atoms with Crippen molar-refractivity contribution in [2.75, 3.05) is 11.9 Å². The van der Waals surface area contributed by atoms with E-state index in [1.165, 1.54) is 16.9 Å². The first-order valence-electron chi connectivity index (χ1n) is 10.1. The van der Waals surface area contributed by atoms with Crippen LogP contribution in [0.4, 0.5) is 23.9 Å². The molecule has 34 heavy (non-hydrogen) atoms. The topological polar surface area (TPSA) is 98.4 Å². The molecule has 0 radical (unpaired) electrons. The van der Waals surface area contributed by atoms with Gasteiger partial charge in [-0.2, -0.15) is 13.2 Å². The number of carbonyl (C=O) groups is 2. The van der Waals surface area contributed by atoms with E-state index in [0.29, 0.717) is 11.3 Å². The molecule has 2 aromatic heterocycles. The zero-order valence-corrected chi connectivity index (χ0v) is 17.6. The molecule has 0 atom stereocenters. The highest BCUT2D eigenvalue weighted by atomic mass is 19.4. The van der Waals surface area contributed by atoms with Gasteiger partial charge in [0.25, 0.3) is 0 Å². The fraction of sp³-hybridized carbons (Fsp3) is 0.174. The normalized spacial score (nSPS) is 11.4. The van der Waals surface area contributed by atoms with Gasteiger partial charge in [-0.25, -0.2) is 9.78 Å². The highest BCUT2D eigenvalue weighted by Gasteiger charge is 2.31. The summed E-state index contributed by atoms with van der Waals surface area (Å²) >= 11 is 0.